The van der Waals surface area contributed by atoms with Gasteiger partial charge < -0.3 is 4.90 Å². The first-order valence-electron chi connectivity index (χ1n) is 8.41. The quantitative estimate of drug-likeness (QED) is 0.747. The Balaban J connectivity index is 1.87. The van der Waals surface area contributed by atoms with Crippen molar-refractivity contribution in [3.8, 4) is 0 Å². The van der Waals surface area contributed by atoms with Gasteiger partial charge >= 0.3 is 6.18 Å². The largest absolute Gasteiger partial charge is 0.417 e. The maximum atomic E-state index is 13.0. The minimum Gasteiger partial charge on any atom is -0.371 e. The molecule has 0 amide bonds. The Kier molecular flexibility index (Phi) is 5.58. The van der Waals surface area contributed by atoms with E-state index >= 15 is 0 Å². The van der Waals surface area contributed by atoms with Gasteiger partial charge in [0.25, 0.3) is 10.0 Å². The van der Waals surface area contributed by atoms with E-state index < -0.39 is 31.7 Å². The number of sulfonamides is 1. The molecule has 0 atom stereocenters. The fourth-order valence-corrected chi connectivity index (χ4v) is 4.32. The van der Waals surface area contributed by atoms with Crippen LogP contribution in [0.2, 0.25) is 5.02 Å². The lowest BCUT2D eigenvalue weighted by Gasteiger charge is -2.29. The van der Waals surface area contributed by atoms with Gasteiger partial charge in [-0.15, -0.1) is 0 Å². The standard InChI is InChI=1S/C18H18ClF3N2O2S/c19-17-8-7-15(12-16(17)18(20,21)22)27(25,26)23-13-5-4-6-14(11-13)24-9-2-1-3-10-24/h4-8,11-12,23H,1-3,9-10H2. The normalized spacial score (nSPS) is 15.6. The summed E-state index contributed by atoms with van der Waals surface area (Å²) < 4.78 is 66.4. The van der Waals surface area contributed by atoms with Crippen molar-refractivity contribution in [1.82, 2.24) is 0 Å². The molecule has 0 aromatic heterocycles. The molecule has 0 spiro atoms. The van der Waals surface area contributed by atoms with E-state index in [1.165, 1.54) is 6.42 Å². The Morgan fingerprint density at radius 2 is 1.70 bits per heavy atom. The van der Waals surface area contributed by atoms with Crippen molar-refractivity contribution in [3.05, 3.63) is 53.1 Å². The second-order valence-electron chi connectivity index (χ2n) is 6.34. The molecule has 4 nitrogen and oxygen atoms in total. The summed E-state index contributed by atoms with van der Waals surface area (Å²) in [5.41, 5.74) is -0.0160. The fourth-order valence-electron chi connectivity index (χ4n) is 3.02. The smallest absolute Gasteiger partial charge is 0.371 e. The molecule has 1 aliphatic rings. The second kappa shape index (κ2) is 7.59. The number of benzene rings is 2. The van der Waals surface area contributed by atoms with Crippen LogP contribution in [0.1, 0.15) is 24.8 Å². The van der Waals surface area contributed by atoms with E-state index in [-0.39, 0.29) is 0 Å². The van der Waals surface area contributed by atoms with Crippen molar-refractivity contribution in [2.24, 2.45) is 0 Å². The van der Waals surface area contributed by atoms with E-state index in [9.17, 15) is 21.6 Å². The molecule has 0 radical (unpaired) electrons. The molecule has 146 valence electrons. The van der Waals surface area contributed by atoms with Crippen molar-refractivity contribution >= 4 is 33.0 Å². The summed E-state index contributed by atoms with van der Waals surface area (Å²) in [6.45, 7) is 1.78. The molecule has 1 aliphatic heterocycles. The molecule has 1 saturated heterocycles. The lowest BCUT2D eigenvalue weighted by molar-refractivity contribution is -0.137. The minimum atomic E-state index is -4.74. The van der Waals surface area contributed by atoms with Crippen LogP contribution in [0.15, 0.2) is 47.4 Å². The number of alkyl halides is 3. The molecule has 1 heterocycles. The average Bonchev–Trinajstić information content (AvgIpc) is 2.61. The highest BCUT2D eigenvalue weighted by atomic mass is 35.5. The summed E-state index contributed by atoms with van der Waals surface area (Å²) >= 11 is 5.56. The molecular formula is C18H18ClF3N2O2S. The third-order valence-electron chi connectivity index (χ3n) is 4.37. The van der Waals surface area contributed by atoms with Crippen molar-refractivity contribution in [2.45, 2.75) is 30.3 Å². The molecule has 0 bridgehead atoms. The van der Waals surface area contributed by atoms with Gasteiger partial charge in [-0.25, -0.2) is 8.42 Å². The molecule has 1 N–H and O–H groups in total. The number of rotatable bonds is 4. The number of nitrogens with one attached hydrogen (secondary N) is 1. The van der Waals surface area contributed by atoms with Gasteiger partial charge in [0.1, 0.15) is 0 Å². The van der Waals surface area contributed by atoms with Crippen molar-refractivity contribution in [2.75, 3.05) is 22.7 Å². The summed E-state index contributed by atoms with van der Waals surface area (Å²) in [7, 11) is -4.19. The van der Waals surface area contributed by atoms with Crippen LogP contribution < -0.4 is 9.62 Å². The van der Waals surface area contributed by atoms with E-state index in [1.54, 1.807) is 18.2 Å². The summed E-state index contributed by atoms with van der Waals surface area (Å²) in [5.74, 6) is 0. The van der Waals surface area contributed by atoms with E-state index in [4.69, 9.17) is 11.6 Å². The zero-order chi connectivity index (χ0) is 19.7. The van der Waals surface area contributed by atoms with E-state index in [0.29, 0.717) is 11.8 Å². The third kappa shape index (κ3) is 4.68. The Morgan fingerprint density at radius 3 is 2.37 bits per heavy atom. The van der Waals surface area contributed by atoms with Gasteiger partial charge in [0.15, 0.2) is 0 Å². The number of piperidine rings is 1. The number of hydrogen-bond donors (Lipinski definition) is 1. The molecule has 9 heteroatoms. The molecule has 0 unspecified atom stereocenters. The SMILES string of the molecule is O=S(=O)(Nc1cccc(N2CCCCC2)c1)c1ccc(Cl)c(C(F)(F)F)c1. The van der Waals surface area contributed by atoms with E-state index in [0.717, 1.165) is 43.8 Å². The van der Waals surface area contributed by atoms with Gasteiger partial charge in [-0.3, -0.25) is 4.72 Å². The van der Waals surface area contributed by atoms with Gasteiger partial charge in [-0.1, -0.05) is 17.7 Å². The summed E-state index contributed by atoms with van der Waals surface area (Å²) in [4.78, 5) is 1.66. The second-order valence-corrected chi connectivity index (χ2v) is 8.43. The molecule has 0 aliphatic carbocycles. The van der Waals surface area contributed by atoms with Crippen molar-refractivity contribution < 1.29 is 21.6 Å². The van der Waals surface area contributed by atoms with Gasteiger partial charge in [-0.2, -0.15) is 13.2 Å². The monoisotopic (exact) mass is 418 g/mol. The van der Waals surface area contributed by atoms with Crippen LogP contribution in [-0.4, -0.2) is 21.5 Å². The zero-order valence-electron chi connectivity index (χ0n) is 14.3. The van der Waals surface area contributed by atoms with Gasteiger partial charge in [0.2, 0.25) is 0 Å². The molecule has 3 rings (SSSR count). The number of halogens is 4. The predicted molar refractivity (Wildman–Crippen MR) is 99.8 cm³/mol. The van der Waals surface area contributed by atoms with Crippen LogP contribution in [0, 0.1) is 0 Å². The summed E-state index contributed by atoms with van der Waals surface area (Å²) in [6, 6.07) is 9.36. The van der Waals surface area contributed by atoms with Gasteiger partial charge in [0.05, 0.1) is 21.2 Å². The topological polar surface area (TPSA) is 49.4 Å². The van der Waals surface area contributed by atoms with Crippen LogP contribution in [0.3, 0.4) is 0 Å². The maximum absolute atomic E-state index is 13.0. The van der Waals surface area contributed by atoms with Crippen LogP contribution in [0.25, 0.3) is 0 Å². The first-order valence-corrected chi connectivity index (χ1v) is 10.3. The Hall–Kier alpha value is -1.93. The minimum absolute atomic E-state index is 0.293. The first kappa shape index (κ1) is 19.8. The number of nitrogens with zero attached hydrogens (tertiary/aromatic N) is 1. The Bertz CT molecular complexity index is 926. The van der Waals surface area contributed by atoms with Crippen molar-refractivity contribution in [1.29, 1.82) is 0 Å². The lowest BCUT2D eigenvalue weighted by Crippen LogP contribution is -2.29. The molecule has 0 saturated carbocycles. The predicted octanol–water partition coefficient (Wildman–Crippen LogP) is 5.15. The van der Waals surface area contributed by atoms with Crippen LogP contribution in [-0.2, 0) is 16.2 Å². The van der Waals surface area contributed by atoms with E-state index in [1.807, 2.05) is 6.07 Å². The van der Waals surface area contributed by atoms with Gasteiger partial charge in [-0.05, 0) is 55.7 Å². The summed E-state index contributed by atoms with van der Waals surface area (Å²) in [6.07, 6.45) is -1.43. The van der Waals surface area contributed by atoms with Gasteiger partial charge in [0, 0.05) is 18.8 Å². The Morgan fingerprint density at radius 1 is 1.00 bits per heavy atom. The van der Waals surface area contributed by atoms with Crippen LogP contribution in [0.4, 0.5) is 24.5 Å². The fraction of sp³-hybridized carbons (Fsp3) is 0.333. The number of anilines is 2. The Labute approximate surface area is 161 Å². The average molecular weight is 419 g/mol. The third-order valence-corrected chi connectivity index (χ3v) is 6.08. The van der Waals surface area contributed by atoms with Crippen LogP contribution >= 0.6 is 11.6 Å². The highest BCUT2D eigenvalue weighted by Crippen LogP contribution is 2.36. The lowest BCUT2D eigenvalue weighted by atomic mass is 10.1. The summed E-state index contributed by atoms with van der Waals surface area (Å²) in [5, 5.41) is -0.548. The highest BCUT2D eigenvalue weighted by Gasteiger charge is 2.34. The van der Waals surface area contributed by atoms with E-state index in [2.05, 4.69) is 9.62 Å². The maximum Gasteiger partial charge on any atom is 0.417 e. The molecule has 2 aromatic carbocycles. The van der Waals surface area contributed by atoms with Crippen LogP contribution in [0.5, 0.6) is 0 Å². The molecule has 1 fully saturated rings. The van der Waals surface area contributed by atoms with Crippen molar-refractivity contribution in [3.63, 3.8) is 0 Å². The molecular weight excluding hydrogens is 401 g/mol. The highest BCUT2D eigenvalue weighted by molar-refractivity contribution is 7.92. The first-order chi connectivity index (χ1) is 12.7. The molecule has 2 aromatic rings. The zero-order valence-corrected chi connectivity index (χ0v) is 15.8. The molecule has 27 heavy (non-hydrogen) atoms. The number of hydrogen-bond acceptors (Lipinski definition) is 3.